The van der Waals surface area contributed by atoms with Crippen LogP contribution in [0.25, 0.3) is 0 Å². The molecule has 3 aromatic rings. The highest BCUT2D eigenvalue weighted by atomic mass is 32.2. The molecule has 0 saturated heterocycles. The van der Waals surface area contributed by atoms with Crippen molar-refractivity contribution < 1.29 is 9.53 Å². The zero-order valence-corrected chi connectivity index (χ0v) is 18.4. The third kappa shape index (κ3) is 4.49. The monoisotopic (exact) mass is 438 g/mol. The molecular formula is C22H22N4O2S2. The van der Waals surface area contributed by atoms with Gasteiger partial charge in [-0.15, -0.1) is 11.3 Å². The molecule has 0 spiro atoms. The van der Waals surface area contributed by atoms with Crippen molar-refractivity contribution in [2.45, 2.75) is 30.1 Å². The van der Waals surface area contributed by atoms with E-state index in [0.717, 1.165) is 12.1 Å². The van der Waals surface area contributed by atoms with Crippen molar-refractivity contribution in [2.75, 3.05) is 23.5 Å². The van der Waals surface area contributed by atoms with Crippen LogP contribution in [0.2, 0.25) is 0 Å². The fourth-order valence-corrected chi connectivity index (χ4v) is 5.04. The Bertz CT molecular complexity index is 1080. The number of nitrogens with zero attached hydrogens (tertiary/aromatic N) is 3. The van der Waals surface area contributed by atoms with Crippen molar-refractivity contribution in [3.63, 3.8) is 0 Å². The topological polar surface area (TPSA) is 66.8 Å². The molecule has 8 heteroatoms. The first-order valence-electron chi connectivity index (χ1n) is 9.75. The van der Waals surface area contributed by atoms with E-state index in [9.17, 15) is 4.79 Å². The summed E-state index contributed by atoms with van der Waals surface area (Å²) >= 11 is 3.19. The van der Waals surface area contributed by atoms with E-state index in [4.69, 9.17) is 4.74 Å². The van der Waals surface area contributed by atoms with Crippen LogP contribution < -0.4 is 10.3 Å². The summed E-state index contributed by atoms with van der Waals surface area (Å²) in [6, 6.07) is 14.8. The number of nitrogens with one attached hydrogen (secondary N) is 1. The molecule has 4 rings (SSSR count). The Kier molecular flexibility index (Phi) is 6.35. The van der Waals surface area contributed by atoms with Crippen molar-refractivity contribution in [3.8, 4) is 0 Å². The van der Waals surface area contributed by atoms with E-state index in [2.05, 4.69) is 69.8 Å². The number of ether oxygens (including phenoxy) is 1. The molecule has 0 aliphatic carbocycles. The van der Waals surface area contributed by atoms with Crippen LogP contribution in [0.5, 0.6) is 0 Å². The smallest absolute Gasteiger partial charge is 0.311 e. The van der Waals surface area contributed by atoms with Gasteiger partial charge in [0.05, 0.1) is 36.3 Å². The number of benzene rings is 2. The van der Waals surface area contributed by atoms with E-state index < -0.39 is 0 Å². The normalized spacial score (nSPS) is 12.5. The first kappa shape index (κ1) is 20.4. The maximum absolute atomic E-state index is 11.5. The van der Waals surface area contributed by atoms with Gasteiger partial charge in [-0.1, -0.05) is 30.0 Å². The molecule has 0 radical (unpaired) electrons. The van der Waals surface area contributed by atoms with Crippen LogP contribution in [0.15, 0.2) is 62.7 Å². The van der Waals surface area contributed by atoms with E-state index in [1.807, 2.05) is 5.38 Å². The summed E-state index contributed by atoms with van der Waals surface area (Å²) in [6.07, 6.45) is 1.96. The Morgan fingerprint density at radius 1 is 1.20 bits per heavy atom. The second kappa shape index (κ2) is 9.32. The third-order valence-electron chi connectivity index (χ3n) is 4.52. The zero-order valence-electron chi connectivity index (χ0n) is 16.8. The van der Waals surface area contributed by atoms with Crippen molar-refractivity contribution in [1.29, 1.82) is 0 Å². The third-order valence-corrected chi connectivity index (χ3v) is 6.43. The number of carbonyl (C=O) groups excluding carboxylic acids is 1. The standard InChI is InChI=1S/C22H22N4O2S2/c1-3-26-17-7-5-6-8-19(17)30-20-11-15(9-10-18(20)26)13-23-25-22-24-16(14-29-22)12-21(27)28-4-2/h5-11,13-14H,3-4,12H2,1-2H3,(H,24,25)/b23-13+. The van der Waals surface area contributed by atoms with Crippen LogP contribution >= 0.6 is 23.1 Å². The molecule has 2 aromatic carbocycles. The predicted molar refractivity (Wildman–Crippen MR) is 123 cm³/mol. The molecule has 0 unspecified atom stereocenters. The SMILES string of the molecule is CCOC(=O)Cc1csc(N/N=C/c2ccc3c(c2)Sc2ccccc2N3CC)n1. The van der Waals surface area contributed by atoms with E-state index in [1.54, 1.807) is 24.9 Å². The number of thiazole rings is 1. The first-order valence-corrected chi connectivity index (χ1v) is 11.4. The molecule has 1 N–H and O–H groups in total. The molecule has 2 heterocycles. The molecule has 154 valence electrons. The zero-order chi connectivity index (χ0) is 20.9. The number of esters is 1. The maximum Gasteiger partial charge on any atom is 0.311 e. The molecule has 0 saturated carbocycles. The average molecular weight is 439 g/mol. The Labute approximate surface area is 184 Å². The van der Waals surface area contributed by atoms with Gasteiger partial charge in [0, 0.05) is 21.7 Å². The van der Waals surface area contributed by atoms with Crippen LogP contribution in [0.1, 0.15) is 25.1 Å². The molecule has 6 nitrogen and oxygen atoms in total. The molecule has 1 aliphatic rings. The summed E-state index contributed by atoms with van der Waals surface area (Å²) in [6.45, 7) is 5.25. The van der Waals surface area contributed by atoms with Crippen LogP contribution in [-0.4, -0.2) is 30.3 Å². The number of anilines is 3. The average Bonchev–Trinajstić information content (AvgIpc) is 3.19. The van der Waals surface area contributed by atoms with Gasteiger partial charge in [0.1, 0.15) is 0 Å². The minimum absolute atomic E-state index is 0.174. The molecular weight excluding hydrogens is 416 g/mol. The number of fused-ring (bicyclic) bond motifs is 2. The van der Waals surface area contributed by atoms with Crippen LogP contribution in [0, 0.1) is 0 Å². The maximum atomic E-state index is 11.5. The Hall–Kier alpha value is -2.84. The number of para-hydroxylation sites is 1. The summed E-state index contributed by atoms with van der Waals surface area (Å²) in [7, 11) is 0. The fourth-order valence-electron chi connectivity index (χ4n) is 3.23. The predicted octanol–water partition coefficient (Wildman–Crippen LogP) is 5.32. The highest BCUT2D eigenvalue weighted by molar-refractivity contribution is 7.99. The molecule has 1 aromatic heterocycles. The van der Waals surface area contributed by atoms with Crippen molar-refractivity contribution >= 4 is 51.8 Å². The second-order valence-corrected chi connectivity index (χ2v) is 8.48. The van der Waals surface area contributed by atoms with E-state index >= 15 is 0 Å². The van der Waals surface area contributed by atoms with Gasteiger partial charge < -0.3 is 9.64 Å². The van der Waals surface area contributed by atoms with Crippen LogP contribution in [0.4, 0.5) is 16.5 Å². The van der Waals surface area contributed by atoms with Gasteiger partial charge in [-0.25, -0.2) is 4.98 Å². The highest BCUT2D eigenvalue weighted by Crippen LogP contribution is 2.47. The number of hydrazone groups is 1. The largest absolute Gasteiger partial charge is 0.466 e. The van der Waals surface area contributed by atoms with Crippen LogP contribution in [0.3, 0.4) is 0 Å². The van der Waals surface area contributed by atoms with Gasteiger partial charge in [0.15, 0.2) is 0 Å². The van der Waals surface area contributed by atoms with Gasteiger partial charge >= 0.3 is 5.97 Å². The van der Waals surface area contributed by atoms with Crippen molar-refractivity contribution in [2.24, 2.45) is 5.10 Å². The molecule has 1 aliphatic heterocycles. The van der Waals surface area contributed by atoms with Gasteiger partial charge in [-0.05, 0) is 43.7 Å². The van der Waals surface area contributed by atoms with E-state index in [0.29, 0.717) is 17.4 Å². The van der Waals surface area contributed by atoms with Crippen LogP contribution in [-0.2, 0) is 16.0 Å². The van der Waals surface area contributed by atoms with Crippen molar-refractivity contribution in [1.82, 2.24) is 4.98 Å². The summed E-state index contributed by atoms with van der Waals surface area (Å²) in [5.74, 6) is -0.271. The Morgan fingerprint density at radius 3 is 2.87 bits per heavy atom. The lowest BCUT2D eigenvalue weighted by atomic mass is 10.1. The summed E-state index contributed by atoms with van der Waals surface area (Å²) in [4.78, 5) is 20.7. The van der Waals surface area contributed by atoms with Gasteiger partial charge in [-0.2, -0.15) is 5.10 Å². The van der Waals surface area contributed by atoms with E-state index in [-0.39, 0.29) is 12.4 Å². The quantitative estimate of drug-likeness (QED) is 0.306. The number of hydrogen-bond donors (Lipinski definition) is 1. The highest BCUT2D eigenvalue weighted by Gasteiger charge is 2.21. The lowest BCUT2D eigenvalue weighted by Crippen LogP contribution is -2.19. The summed E-state index contributed by atoms with van der Waals surface area (Å²) in [5.41, 5.74) is 7.10. The van der Waals surface area contributed by atoms with Crippen molar-refractivity contribution in [3.05, 3.63) is 59.1 Å². The molecule has 0 bridgehead atoms. The molecule has 0 fully saturated rings. The number of carbonyl (C=O) groups is 1. The molecule has 0 amide bonds. The summed E-state index contributed by atoms with van der Waals surface area (Å²) < 4.78 is 4.95. The Morgan fingerprint density at radius 2 is 2.03 bits per heavy atom. The van der Waals surface area contributed by atoms with Gasteiger partial charge in [0.2, 0.25) is 5.13 Å². The minimum atomic E-state index is -0.271. The molecule has 0 atom stereocenters. The van der Waals surface area contributed by atoms with Gasteiger partial charge in [0.25, 0.3) is 0 Å². The number of aromatic nitrogens is 1. The van der Waals surface area contributed by atoms with E-state index in [1.165, 1.54) is 32.5 Å². The minimum Gasteiger partial charge on any atom is -0.466 e. The molecule has 30 heavy (non-hydrogen) atoms. The lowest BCUT2D eigenvalue weighted by molar-refractivity contribution is -0.142. The van der Waals surface area contributed by atoms with Gasteiger partial charge in [-0.3, -0.25) is 10.2 Å². The number of hydrogen-bond acceptors (Lipinski definition) is 8. The lowest BCUT2D eigenvalue weighted by Gasteiger charge is -2.31. The summed E-state index contributed by atoms with van der Waals surface area (Å²) in [5, 5.41) is 6.78. The number of rotatable bonds is 7. The fraction of sp³-hybridized carbons (Fsp3) is 0.227. The Balaban J connectivity index is 1.44. The second-order valence-electron chi connectivity index (χ2n) is 6.54. The first-order chi connectivity index (χ1) is 14.7.